The highest BCUT2D eigenvalue weighted by atomic mass is 16.5. The quantitative estimate of drug-likeness (QED) is 0.482. The molecule has 28 heavy (non-hydrogen) atoms. The zero-order valence-electron chi connectivity index (χ0n) is 15.6. The van der Waals surface area contributed by atoms with Crippen LogP contribution in [0.2, 0.25) is 0 Å². The smallest absolute Gasteiger partial charge is 0.308 e. The van der Waals surface area contributed by atoms with Crippen molar-refractivity contribution < 1.29 is 9.53 Å². The van der Waals surface area contributed by atoms with Gasteiger partial charge in [-0.1, -0.05) is 18.2 Å². The van der Waals surface area contributed by atoms with E-state index in [9.17, 15) is 20.6 Å². The molecule has 140 valence electrons. The third-order valence-corrected chi connectivity index (χ3v) is 5.47. The van der Waals surface area contributed by atoms with E-state index >= 15 is 0 Å². The van der Waals surface area contributed by atoms with E-state index in [1.54, 1.807) is 24.3 Å². The normalized spacial score (nSPS) is 26.0. The summed E-state index contributed by atoms with van der Waals surface area (Å²) in [6.45, 7) is 2.55. The highest BCUT2D eigenvalue weighted by Crippen LogP contribution is 2.53. The van der Waals surface area contributed by atoms with E-state index in [2.05, 4.69) is 23.1 Å². The number of hydrogen-bond donors (Lipinski definition) is 1. The molecule has 1 aliphatic heterocycles. The fraction of sp³-hybridized carbons (Fsp3) is 0.381. The number of carbonyl (C=O) groups is 1. The van der Waals surface area contributed by atoms with Crippen molar-refractivity contribution >= 4 is 11.7 Å². The van der Waals surface area contributed by atoms with E-state index in [0.717, 1.165) is 5.57 Å². The van der Waals surface area contributed by atoms with E-state index in [-0.39, 0.29) is 11.6 Å². The number of likely N-dealkylation sites (N-methyl/N-ethyl adjacent to an activating group) is 1. The molecule has 1 saturated carbocycles. The average Bonchev–Trinajstić information content (AvgIpc) is 2.68. The molecule has 3 rings (SSSR count). The van der Waals surface area contributed by atoms with Crippen molar-refractivity contribution in [3.8, 4) is 24.0 Å². The summed E-state index contributed by atoms with van der Waals surface area (Å²) in [5, 5.41) is 38.1. The van der Waals surface area contributed by atoms with Crippen LogP contribution in [-0.2, 0) is 4.79 Å². The van der Waals surface area contributed by atoms with Crippen LogP contribution in [0.5, 0.6) is 5.75 Å². The van der Waals surface area contributed by atoms with Crippen molar-refractivity contribution in [2.75, 3.05) is 20.1 Å². The van der Waals surface area contributed by atoms with Crippen LogP contribution < -0.4 is 4.74 Å². The number of hydrogen-bond acceptors (Lipinski definition) is 7. The Morgan fingerprint density at radius 3 is 2.43 bits per heavy atom. The predicted octanol–water partition coefficient (Wildman–Crippen LogP) is 2.39. The highest BCUT2D eigenvalue weighted by Gasteiger charge is 2.57. The van der Waals surface area contributed by atoms with Gasteiger partial charge in [-0.15, -0.1) is 0 Å². The van der Waals surface area contributed by atoms with Gasteiger partial charge < -0.3 is 15.0 Å². The van der Waals surface area contributed by atoms with Crippen LogP contribution in [0.1, 0.15) is 18.4 Å². The molecule has 0 radical (unpaired) electrons. The lowest BCUT2D eigenvalue weighted by atomic mass is 9.54. The lowest BCUT2D eigenvalue weighted by Crippen LogP contribution is -2.52. The molecule has 1 N–H and O–H groups in total. The fourth-order valence-electron chi connectivity index (χ4n) is 4.24. The standard InChI is InChI=1S/C21H19N5O2/c1-13(27)28-15-5-3-14(4-6-15)19-18-10-26(2)8-7-16(18)17(9-22)20(25)21(19,11-23)12-24/h3-7,17-19,25H,8,10H2,1-2H3/t17-,18+,19-/m1/s1. The van der Waals surface area contributed by atoms with Crippen LogP contribution in [-0.4, -0.2) is 36.7 Å². The summed E-state index contributed by atoms with van der Waals surface area (Å²) in [5.74, 6) is -1.77. The topological polar surface area (TPSA) is 125 Å². The summed E-state index contributed by atoms with van der Waals surface area (Å²) in [6.07, 6.45) is 1.94. The van der Waals surface area contributed by atoms with Crippen molar-refractivity contribution in [3.05, 3.63) is 41.5 Å². The van der Waals surface area contributed by atoms with Gasteiger partial charge in [0, 0.05) is 31.8 Å². The van der Waals surface area contributed by atoms with Crippen LogP contribution in [0.25, 0.3) is 0 Å². The van der Waals surface area contributed by atoms with Gasteiger partial charge in [-0.3, -0.25) is 4.79 Å². The first-order valence-corrected chi connectivity index (χ1v) is 8.85. The third-order valence-electron chi connectivity index (χ3n) is 5.47. The van der Waals surface area contributed by atoms with E-state index < -0.39 is 23.2 Å². The van der Waals surface area contributed by atoms with Gasteiger partial charge in [-0.05, 0) is 30.3 Å². The molecular weight excluding hydrogens is 354 g/mol. The Morgan fingerprint density at radius 2 is 1.89 bits per heavy atom. The summed E-state index contributed by atoms with van der Waals surface area (Å²) in [7, 11) is 1.94. The van der Waals surface area contributed by atoms with Gasteiger partial charge in [0.15, 0.2) is 5.41 Å². The predicted molar refractivity (Wildman–Crippen MR) is 100 cm³/mol. The minimum Gasteiger partial charge on any atom is -0.427 e. The van der Waals surface area contributed by atoms with E-state index in [4.69, 9.17) is 10.1 Å². The molecule has 1 aromatic carbocycles. The molecule has 0 spiro atoms. The molecule has 1 heterocycles. The van der Waals surface area contributed by atoms with Crippen LogP contribution in [0.15, 0.2) is 35.9 Å². The van der Waals surface area contributed by atoms with Crippen molar-refractivity contribution in [2.24, 2.45) is 17.3 Å². The number of esters is 1. The first kappa shape index (κ1) is 19.3. The maximum atomic E-state index is 11.2. The number of nitrogens with one attached hydrogen (secondary N) is 1. The summed E-state index contributed by atoms with van der Waals surface area (Å²) >= 11 is 0. The van der Waals surface area contributed by atoms with Gasteiger partial charge in [0.25, 0.3) is 0 Å². The molecule has 0 unspecified atom stereocenters. The maximum Gasteiger partial charge on any atom is 0.308 e. The Morgan fingerprint density at radius 1 is 1.25 bits per heavy atom. The maximum absolute atomic E-state index is 11.2. The Balaban J connectivity index is 2.16. The van der Waals surface area contributed by atoms with Crippen molar-refractivity contribution in [1.29, 1.82) is 21.2 Å². The fourth-order valence-corrected chi connectivity index (χ4v) is 4.24. The minimum atomic E-state index is -1.73. The second-order valence-electron chi connectivity index (χ2n) is 7.18. The molecular formula is C21H19N5O2. The Hall–Kier alpha value is -3.47. The number of carbonyl (C=O) groups excluding carboxylic acids is 1. The largest absolute Gasteiger partial charge is 0.427 e. The number of rotatable bonds is 2. The SMILES string of the molecule is CC(=O)Oc1ccc([C@@H]2[C@H]3CN(C)CC=C3[C@@H](C#N)C(=N)C2(C#N)C#N)cc1. The molecule has 1 aliphatic carbocycles. The van der Waals surface area contributed by atoms with Gasteiger partial charge in [0.05, 0.1) is 23.9 Å². The summed E-state index contributed by atoms with van der Waals surface area (Å²) in [5.41, 5.74) is -0.392. The molecule has 1 fully saturated rings. The number of nitriles is 3. The number of fused-ring (bicyclic) bond motifs is 1. The average molecular weight is 373 g/mol. The van der Waals surface area contributed by atoms with Crippen LogP contribution in [0, 0.1) is 56.7 Å². The van der Waals surface area contributed by atoms with Gasteiger partial charge >= 0.3 is 5.97 Å². The molecule has 0 amide bonds. The van der Waals surface area contributed by atoms with Crippen molar-refractivity contribution in [1.82, 2.24) is 4.90 Å². The zero-order chi connectivity index (χ0) is 20.5. The summed E-state index contributed by atoms with van der Waals surface area (Å²) in [4.78, 5) is 13.2. The molecule has 0 aromatic heterocycles. The number of nitrogens with zero attached hydrogens (tertiary/aromatic N) is 4. The Labute approximate surface area is 163 Å². The first-order valence-electron chi connectivity index (χ1n) is 8.85. The highest BCUT2D eigenvalue weighted by molar-refractivity contribution is 6.00. The molecule has 0 saturated heterocycles. The molecule has 7 heteroatoms. The van der Waals surface area contributed by atoms with Crippen LogP contribution >= 0.6 is 0 Å². The van der Waals surface area contributed by atoms with Gasteiger partial charge in [-0.2, -0.15) is 15.8 Å². The zero-order valence-corrected chi connectivity index (χ0v) is 15.6. The molecule has 0 bridgehead atoms. The van der Waals surface area contributed by atoms with Gasteiger partial charge in [0.2, 0.25) is 0 Å². The molecule has 1 aromatic rings. The Kier molecular flexibility index (Phi) is 5.01. The lowest BCUT2D eigenvalue weighted by molar-refractivity contribution is -0.131. The second-order valence-corrected chi connectivity index (χ2v) is 7.18. The molecule has 3 atom stereocenters. The van der Waals surface area contributed by atoms with Gasteiger partial charge in [-0.25, -0.2) is 0 Å². The van der Waals surface area contributed by atoms with Gasteiger partial charge in [0.1, 0.15) is 11.7 Å². The molecule has 2 aliphatic rings. The second kappa shape index (κ2) is 7.27. The van der Waals surface area contributed by atoms with Crippen molar-refractivity contribution in [2.45, 2.75) is 12.8 Å². The van der Waals surface area contributed by atoms with Crippen molar-refractivity contribution in [3.63, 3.8) is 0 Å². The van der Waals surface area contributed by atoms with E-state index in [1.807, 2.05) is 13.1 Å². The first-order chi connectivity index (χ1) is 13.4. The number of ether oxygens (including phenoxy) is 1. The Bertz CT molecular complexity index is 960. The number of benzene rings is 1. The molecule has 7 nitrogen and oxygen atoms in total. The third kappa shape index (κ3) is 2.95. The van der Waals surface area contributed by atoms with E-state index in [1.165, 1.54) is 6.92 Å². The summed E-state index contributed by atoms with van der Waals surface area (Å²) < 4.78 is 5.07. The monoisotopic (exact) mass is 373 g/mol. The van der Waals surface area contributed by atoms with Crippen LogP contribution in [0.4, 0.5) is 0 Å². The van der Waals surface area contributed by atoms with Crippen LogP contribution in [0.3, 0.4) is 0 Å². The van der Waals surface area contributed by atoms with E-state index in [0.29, 0.717) is 24.4 Å². The summed E-state index contributed by atoms with van der Waals surface area (Å²) in [6, 6.07) is 12.9. The minimum absolute atomic E-state index is 0.166. The lowest BCUT2D eigenvalue weighted by Gasteiger charge is -2.47.